The Morgan fingerprint density at radius 1 is 0.735 bits per heavy atom. The average Bonchev–Trinajstić information content (AvgIpc) is 3.05. The standard InChI is InChI=1S/C26H32N6O2/c1-23(2)25(5,6)31(33)21(27-23)17-9-13-19(14-10-17)29-30-20-15-11-18(12-16-20)22-28-24(3,4)26(7,8)32(22)34/h9-16H,1-8H3. The number of hydrogen-bond donors (Lipinski definition) is 0. The molecule has 0 atom stereocenters. The zero-order valence-electron chi connectivity index (χ0n) is 21.1. The maximum atomic E-state index is 12.8. The van der Waals surface area contributed by atoms with E-state index < -0.39 is 22.2 Å². The number of azo groups is 1. The van der Waals surface area contributed by atoms with Crippen molar-refractivity contribution in [1.29, 1.82) is 0 Å². The fourth-order valence-electron chi connectivity index (χ4n) is 3.75. The fourth-order valence-corrected chi connectivity index (χ4v) is 3.75. The molecule has 34 heavy (non-hydrogen) atoms. The van der Waals surface area contributed by atoms with Gasteiger partial charge >= 0.3 is 5.84 Å². The van der Waals surface area contributed by atoms with Gasteiger partial charge in [0.25, 0.3) is 0 Å². The molecule has 2 aliphatic rings. The van der Waals surface area contributed by atoms with Crippen LogP contribution >= 0.6 is 0 Å². The number of nitroso groups, excluding NO2 is 1. The molecule has 0 N–H and O–H groups in total. The Balaban J connectivity index is 1.49. The van der Waals surface area contributed by atoms with E-state index in [1.54, 1.807) is 0 Å². The minimum atomic E-state index is -0.619. The summed E-state index contributed by atoms with van der Waals surface area (Å²) in [6, 6.07) is 14.6. The summed E-state index contributed by atoms with van der Waals surface area (Å²) in [6.07, 6.45) is 0. The Morgan fingerprint density at radius 2 is 1.21 bits per heavy atom. The number of hydrogen-bond acceptors (Lipinski definition) is 7. The first-order valence-corrected chi connectivity index (χ1v) is 11.4. The van der Waals surface area contributed by atoms with E-state index in [1.807, 2.05) is 104 Å². The van der Waals surface area contributed by atoms with E-state index in [9.17, 15) is 10.1 Å². The quantitative estimate of drug-likeness (QED) is 0.395. The van der Waals surface area contributed by atoms with Gasteiger partial charge in [-0.2, -0.15) is 10.2 Å². The van der Waals surface area contributed by atoms with Gasteiger partial charge in [0.2, 0.25) is 0 Å². The Bertz CT molecular complexity index is 1220. The number of benzene rings is 2. The number of nitrogens with zero attached hydrogens (tertiary/aromatic N) is 6. The molecule has 0 aliphatic carbocycles. The zero-order chi connectivity index (χ0) is 25.1. The lowest BCUT2D eigenvalue weighted by Gasteiger charge is -2.45. The molecular weight excluding hydrogens is 428 g/mol. The van der Waals surface area contributed by atoms with Gasteiger partial charge in [-0.1, -0.05) is 9.90 Å². The molecule has 178 valence electrons. The summed E-state index contributed by atoms with van der Waals surface area (Å²) in [7, 11) is 0. The molecule has 0 bridgehead atoms. The van der Waals surface area contributed by atoms with Crippen LogP contribution in [0.25, 0.3) is 0 Å². The molecule has 2 heterocycles. The molecule has 0 amide bonds. The van der Waals surface area contributed by atoms with Gasteiger partial charge in [-0.15, -0.1) is 0 Å². The molecule has 4 rings (SSSR count). The lowest BCUT2D eigenvalue weighted by atomic mass is 9.84. The summed E-state index contributed by atoms with van der Waals surface area (Å²) in [5.41, 5.74) is 0.635. The normalized spacial score (nSPS) is 22.3. The van der Waals surface area contributed by atoms with Crippen LogP contribution in [0.2, 0.25) is 0 Å². The van der Waals surface area contributed by atoms with Crippen LogP contribution in [-0.2, 0) is 0 Å². The molecule has 0 saturated heterocycles. The first-order chi connectivity index (χ1) is 15.7. The summed E-state index contributed by atoms with van der Waals surface area (Å²) in [6.45, 7) is 15.5. The predicted octanol–water partition coefficient (Wildman–Crippen LogP) is 6.32. The summed E-state index contributed by atoms with van der Waals surface area (Å²) in [5, 5.41) is 22.4. The first-order valence-electron chi connectivity index (χ1n) is 11.4. The highest BCUT2D eigenvalue weighted by Gasteiger charge is 2.59. The summed E-state index contributed by atoms with van der Waals surface area (Å²) >= 11 is 0. The topological polar surface area (TPSA) is 95.8 Å². The van der Waals surface area contributed by atoms with Crippen molar-refractivity contribution in [3.63, 3.8) is 0 Å². The fraction of sp³-hybridized carbons (Fsp3) is 0.462. The Morgan fingerprint density at radius 3 is 1.59 bits per heavy atom. The van der Waals surface area contributed by atoms with Crippen LogP contribution in [-0.4, -0.2) is 43.7 Å². The maximum Gasteiger partial charge on any atom is 0.364 e. The Labute approximate surface area is 200 Å². The van der Waals surface area contributed by atoms with Crippen molar-refractivity contribution in [2.24, 2.45) is 20.2 Å². The lowest BCUT2D eigenvalue weighted by Crippen LogP contribution is -2.50. The van der Waals surface area contributed by atoms with Crippen molar-refractivity contribution in [3.05, 3.63) is 69.8 Å². The van der Waals surface area contributed by atoms with E-state index >= 15 is 0 Å². The second-order valence-corrected chi connectivity index (χ2v) is 11.0. The Kier molecular flexibility index (Phi) is 5.36. The van der Waals surface area contributed by atoms with Crippen LogP contribution in [0, 0.1) is 10.1 Å². The number of aliphatic imine (C=N–C) groups is 2. The van der Waals surface area contributed by atoms with Crippen molar-refractivity contribution in [1.82, 2.24) is 5.06 Å². The molecule has 0 radical (unpaired) electrons. The summed E-state index contributed by atoms with van der Waals surface area (Å²) < 4.78 is 0.991. The van der Waals surface area contributed by atoms with E-state index in [-0.39, 0.29) is 0 Å². The highest BCUT2D eigenvalue weighted by Crippen LogP contribution is 2.39. The summed E-state index contributed by atoms with van der Waals surface area (Å²) in [4.78, 5) is 22.1. The largest absolute Gasteiger partial charge is 0.757 e. The van der Waals surface area contributed by atoms with E-state index in [1.165, 1.54) is 0 Å². The first kappa shape index (κ1) is 23.9. The molecule has 2 aliphatic heterocycles. The van der Waals surface area contributed by atoms with Gasteiger partial charge in [0, 0.05) is 11.1 Å². The number of rotatable bonds is 4. The Hall–Kier alpha value is -3.26. The van der Waals surface area contributed by atoms with E-state index in [0.29, 0.717) is 23.0 Å². The van der Waals surface area contributed by atoms with Crippen LogP contribution in [0.3, 0.4) is 0 Å². The van der Waals surface area contributed by atoms with Crippen LogP contribution in [0.1, 0.15) is 66.5 Å². The molecule has 0 spiro atoms. The molecule has 0 fully saturated rings. The molecule has 0 aromatic heterocycles. The van der Waals surface area contributed by atoms with Crippen molar-refractivity contribution >= 4 is 23.0 Å². The van der Waals surface area contributed by atoms with Crippen LogP contribution in [0.15, 0.2) is 68.7 Å². The van der Waals surface area contributed by atoms with Crippen LogP contribution < -0.4 is 0 Å². The van der Waals surface area contributed by atoms with E-state index in [4.69, 9.17) is 0 Å². The molecule has 2 aromatic rings. The predicted molar refractivity (Wildman–Crippen MR) is 135 cm³/mol. The molecule has 2 aromatic carbocycles. The number of amidine groups is 2. The minimum Gasteiger partial charge on any atom is -0.757 e. The van der Waals surface area contributed by atoms with Gasteiger partial charge in [0.1, 0.15) is 5.84 Å². The third kappa shape index (κ3) is 3.66. The van der Waals surface area contributed by atoms with Gasteiger partial charge in [-0.05, 0) is 109 Å². The van der Waals surface area contributed by atoms with Crippen LogP contribution in [0.5, 0.6) is 0 Å². The zero-order valence-corrected chi connectivity index (χ0v) is 21.1. The molecular formula is C26H32N6O2. The number of hydroxylamine groups is 2. The highest BCUT2D eigenvalue weighted by atomic mass is 16.5. The van der Waals surface area contributed by atoms with Gasteiger partial charge in [0.15, 0.2) is 11.1 Å². The van der Waals surface area contributed by atoms with Gasteiger partial charge in [0.05, 0.1) is 22.5 Å². The van der Waals surface area contributed by atoms with Gasteiger partial charge in [-0.25, -0.2) is 0 Å². The molecule has 0 unspecified atom stereocenters. The average molecular weight is 461 g/mol. The highest BCUT2D eigenvalue weighted by molar-refractivity contribution is 6.01. The third-order valence-electron chi connectivity index (χ3n) is 7.70. The van der Waals surface area contributed by atoms with Crippen molar-refractivity contribution < 1.29 is 4.76 Å². The lowest BCUT2D eigenvalue weighted by molar-refractivity contribution is -0.514. The smallest absolute Gasteiger partial charge is 0.364 e. The van der Waals surface area contributed by atoms with Crippen LogP contribution in [0.4, 0.5) is 11.4 Å². The van der Waals surface area contributed by atoms with E-state index in [0.717, 1.165) is 21.0 Å². The summed E-state index contributed by atoms with van der Waals surface area (Å²) in [5.74, 6) is 0.866. The molecule has 0 saturated carbocycles. The monoisotopic (exact) mass is 460 g/mol. The maximum absolute atomic E-state index is 12.8. The SMILES string of the molecule is CC1(C)N=C(c2ccc(N=Nc3ccc(C4=NC(C)(C)C(C)(C)[N+]4=O)cc3)cc2)N([O-])C1(C)C. The van der Waals surface area contributed by atoms with Gasteiger partial charge in [-0.3, -0.25) is 4.99 Å². The van der Waals surface area contributed by atoms with E-state index in [2.05, 4.69) is 20.2 Å². The second-order valence-electron chi connectivity index (χ2n) is 11.0. The minimum absolute atomic E-state index is 0.433. The van der Waals surface area contributed by atoms with Crippen molar-refractivity contribution in [3.8, 4) is 0 Å². The van der Waals surface area contributed by atoms with Crippen molar-refractivity contribution in [2.75, 3.05) is 0 Å². The van der Waals surface area contributed by atoms with Crippen molar-refractivity contribution in [2.45, 2.75) is 77.5 Å². The molecule has 8 nitrogen and oxygen atoms in total. The van der Waals surface area contributed by atoms with Gasteiger partial charge < -0.3 is 10.3 Å². The second kappa shape index (κ2) is 7.63. The third-order valence-corrected chi connectivity index (χ3v) is 7.70. The molecule has 8 heteroatoms.